The third-order valence-electron chi connectivity index (χ3n) is 6.11. The molecule has 0 radical (unpaired) electrons. The Balaban J connectivity index is 1.51. The Morgan fingerprint density at radius 2 is 1.97 bits per heavy atom. The molecule has 0 aliphatic heterocycles. The number of ketones is 1. The molecule has 5 nitrogen and oxygen atoms in total. The second-order valence-electron chi connectivity index (χ2n) is 8.99. The van der Waals surface area contributed by atoms with Gasteiger partial charge in [-0.2, -0.15) is 11.8 Å². The van der Waals surface area contributed by atoms with Crippen LogP contribution in [-0.4, -0.2) is 63.3 Å². The van der Waals surface area contributed by atoms with E-state index < -0.39 is 11.7 Å². The summed E-state index contributed by atoms with van der Waals surface area (Å²) in [7, 11) is 1.38. The summed E-state index contributed by atoms with van der Waals surface area (Å²) in [5, 5.41) is 23.5. The second kappa shape index (κ2) is 12.8. The van der Waals surface area contributed by atoms with Gasteiger partial charge in [0, 0.05) is 12.3 Å². The Hall–Kier alpha value is -1.80. The van der Waals surface area contributed by atoms with Gasteiger partial charge < -0.3 is 14.9 Å². The summed E-state index contributed by atoms with van der Waals surface area (Å²) in [5.74, 6) is 1.46. The minimum Gasteiger partial charge on any atom is -0.468 e. The van der Waals surface area contributed by atoms with E-state index in [1.54, 1.807) is 24.8 Å². The van der Waals surface area contributed by atoms with E-state index in [9.17, 15) is 19.8 Å². The fraction of sp³-hybridized carbons (Fsp3) is 0.481. The van der Waals surface area contributed by atoms with Crippen molar-refractivity contribution in [2.24, 2.45) is 5.92 Å². The largest absolute Gasteiger partial charge is 0.468 e. The highest BCUT2D eigenvalue weighted by Crippen LogP contribution is 2.35. The van der Waals surface area contributed by atoms with Gasteiger partial charge in [0.15, 0.2) is 0 Å². The van der Waals surface area contributed by atoms with E-state index in [1.807, 2.05) is 18.2 Å². The van der Waals surface area contributed by atoms with Gasteiger partial charge in [-0.3, -0.25) is 9.59 Å². The number of hydrogen-bond acceptors (Lipinski definition) is 7. The van der Waals surface area contributed by atoms with Gasteiger partial charge >= 0.3 is 5.97 Å². The first kappa shape index (κ1) is 26.8. The number of esters is 1. The lowest BCUT2D eigenvalue weighted by molar-refractivity contribution is -0.137. The van der Waals surface area contributed by atoms with Gasteiger partial charge in [0.25, 0.3) is 0 Å². The fourth-order valence-electron chi connectivity index (χ4n) is 4.09. The summed E-state index contributed by atoms with van der Waals surface area (Å²) >= 11 is 3.08. The van der Waals surface area contributed by atoms with Crippen molar-refractivity contribution in [2.45, 2.75) is 49.6 Å². The van der Waals surface area contributed by atoms with Crippen LogP contribution in [0.15, 0.2) is 54.6 Å². The molecule has 1 saturated carbocycles. The van der Waals surface area contributed by atoms with Crippen LogP contribution in [0.1, 0.15) is 31.7 Å². The highest BCUT2D eigenvalue weighted by Gasteiger charge is 2.40. The molecular formula is C27H34O5S2. The maximum absolute atomic E-state index is 12.4. The summed E-state index contributed by atoms with van der Waals surface area (Å²) < 4.78 is 4.63. The van der Waals surface area contributed by atoms with E-state index in [2.05, 4.69) is 35.1 Å². The van der Waals surface area contributed by atoms with Gasteiger partial charge in [0.1, 0.15) is 5.78 Å². The van der Waals surface area contributed by atoms with Crippen molar-refractivity contribution in [3.8, 4) is 0 Å². The summed E-state index contributed by atoms with van der Waals surface area (Å²) in [6.07, 6.45) is 5.17. The van der Waals surface area contributed by atoms with Crippen molar-refractivity contribution >= 4 is 46.0 Å². The lowest BCUT2D eigenvalue weighted by Gasteiger charge is -2.22. The van der Waals surface area contributed by atoms with Crippen molar-refractivity contribution in [1.82, 2.24) is 0 Å². The zero-order valence-corrected chi connectivity index (χ0v) is 21.4. The number of carbonyl (C=O) groups excluding carboxylic acids is 2. The average molecular weight is 503 g/mol. The SMILES string of the molecule is COC(=O)CSCCCS[C@H]1C(=O)CC(O)[C@@H]1/C=C/C(C)(O)CCc1ccc2ccccc2c1. The Kier molecular flexibility index (Phi) is 10.1. The van der Waals surface area contributed by atoms with E-state index in [-0.39, 0.29) is 29.3 Å². The number of methoxy groups -OCH3 is 1. The number of aliphatic hydroxyl groups is 2. The molecule has 34 heavy (non-hydrogen) atoms. The van der Waals surface area contributed by atoms with Crippen LogP contribution in [0.4, 0.5) is 0 Å². The minimum absolute atomic E-state index is 0.0603. The third-order valence-corrected chi connectivity index (χ3v) is 8.59. The Morgan fingerprint density at radius 3 is 2.74 bits per heavy atom. The molecular weight excluding hydrogens is 468 g/mol. The molecule has 7 heteroatoms. The molecule has 0 bridgehead atoms. The third kappa shape index (κ3) is 7.87. The van der Waals surface area contributed by atoms with Crippen LogP contribution >= 0.6 is 23.5 Å². The topological polar surface area (TPSA) is 83.8 Å². The number of aliphatic hydroxyl groups excluding tert-OH is 1. The van der Waals surface area contributed by atoms with Crippen LogP contribution in [0.25, 0.3) is 10.8 Å². The van der Waals surface area contributed by atoms with Crippen molar-refractivity contribution < 1.29 is 24.5 Å². The molecule has 2 N–H and O–H groups in total. The second-order valence-corrected chi connectivity index (χ2v) is 11.3. The number of benzene rings is 2. The molecule has 3 rings (SSSR count). The van der Waals surface area contributed by atoms with Crippen molar-refractivity contribution in [2.75, 3.05) is 24.4 Å². The smallest absolute Gasteiger partial charge is 0.315 e. The van der Waals surface area contributed by atoms with Crippen LogP contribution in [0.3, 0.4) is 0 Å². The quantitative estimate of drug-likeness (QED) is 0.252. The van der Waals surface area contributed by atoms with E-state index >= 15 is 0 Å². The van der Waals surface area contributed by atoms with Gasteiger partial charge in [0.2, 0.25) is 0 Å². The molecule has 4 atom stereocenters. The highest BCUT2D eigenvalue weighted by molar-refractivity contribution is 8.01. The molecule has 1 fully saturated rings. The first-order valence-corrected chi connectivity index (χ1v) is 13.9. The average Bonchev–Trinajstić information content (AvgIpc) is 3.10. The first-order chi connectivity index (χ1) is 16.3. The van der Waals surface area contributed by atoms with Crippen LogP contribution in [0, 0.1) is 5.92 Å². The van der Waals surface area contributed by atoms with Crippen molar-refractivity contribution in [3.63, 3.8) is 0 Å². The fourth-order valence-corrected chi connectivity index (χ4v) is 6.39. The molecule has 2 unspecified atom stereocenters. The number of thioether (sulfide) groups is 2. The highest BCUT2D eigenvalue weighted by atomic mass is 32.2. The Morgan fingerprint density at radius 1 is 1.21 bits per heavy atom. The lowest BCUT2D eigenvalue weighted by Crippen LogP contribution is -2.25. The number of aryl methyl sites for hydroxylation is 1. The Labute approximate surface area is 210 Å². The molecule has 1 aliphatic rings. The van der Waals surface area contributed by atoms with Crippen LogP contribution in [0.5, 0.6) is 0 Å². The van der Waals surface area contributed by atoms with Gasteiger partial charge in [-0.15, -0.1) is 11.8 Å². The standard InChI is InChI=1S/C27H34O5S2/c1-27(31,12-10-19-8-9-20-6-3-4-7-21(20)16-19)13-11-22-23(28)17-24(29)26(22)34-15-5-14-33-18-25(30)32-2/h3-4,6-9,11,13,16,22-23,26,28,31H,5,10,12,14-15,17-18H2,1-2H3/b13-11+/t22-,23?,26+,27?/m0/s1. The number of rotatable bonds is 12. The van der Waals surface area contributed by atoms with E-state index in [0.29, 0.717) is 12.2 Å². The van der Waals surface area contributed by atoms with Crippen LogP contribution < -0.4 is 0 Å². The molecule has 0 heterocycles. The minimum atomic E-state index is -1.03. The van der Waals surface area contributed by atoms with Gasteiger partial charge in [-0.1, -0.05) is 54.6 Å². The summed E-state index contributed by atoms with van der Waals surface area (Å²) in [5.41, 5.74) is 0.137. The summed E-state index contributed by atoms with van der Waals surface area (Å²) in [6.45, 7) is 1.77. The molecule has 0 spiro atoms. The zero-order chi connectivity index (χ0) is 24.6. The molecule has 0 saturated heterocycles. The van der Waals surface area contributed by atoms with Crippen molar-refractivity contribution in [3.05, 3.63) is 60.2 Å². The number of hydrogen-bond donors (Lipinski definition) is 2. The monoisotopic (exact) mass is 502 g/mol. The lowest BCUT2D eigenvalue weighted by atomic mass is 9.93. The maximum atomic E-state index is 12.4. The molecule has 1 aliphatic carbocycles. The number of ether oxygens (including phenoxy) is 1. The summed E-state index contributed by atoms with van der Waals surface area (Å²) in [4.78, 5) is 23.6. The van der Waals surface area contributed by atoms with Crippen LogP contribution in [-0.2, 0) is 20.7 Å². The van der Waals surface area contributed by atoms with E-state index in [0.717, 1.165) is 24.3 Å². The van der Waals surface area contributed by atoms with Crippen molar-refractivity contribution in [1.29, 1.82) is 0 Å². The predicted octanol–water partition coefficient (Wildman–Crippen LogP) is 4.43. The Bertz CT molecular complexity index is 1000. The molecule has 2 aromatic rings. The zero-order valence-electron chi connectivity index (χ0n) is 19.8. The van der Waals surface area contributed by atoms with Gasteiger partial charge in [-0.05, 0) is 54.0 Å². The number of Topliss-reactive ketones (excluding diaryl/α,β-unsaturated/α-hetero) is 1. The molecule has 0 aromatic heterocycles. The number of fused-ring (bicyclic) bond motifs is 1. The predicted molar refractivity (Wildman–Crippen MR) is 141 cm³/mol. The molecule has 2 aromatic carbocycles. The van der Waals surface area contributed by atoms with E-state index in [4.69, 9.17) is 0 Å². The van der Waals surface area contributed by atoms with Gasteiger partial charge in [0.05, 0.1) is 29.8 Å². The van der Waals surface area contributed by atoms with Gasteiger partial charge in [-0.25, -0.2) is 0 Å². The molecule has 184 valence electrons. The van der Waals surface area contributed by atoms with Crippen LogP contribution in [0.2, 0.25) is 0 Å². The number of carbonyl (C=O) groups is 2. The molecule has 0 amide bonds. The normalized spacial score (nSPS) is 22.4. The van der Waals surface area contributed by atoms with E-state index in [1.165, 1.54) is 35.2 Å². The first-order valence-electron chi connectivity index (χ1n) is 11.7. The summed E-state index contributed by atoms with van der Waals surface area (Å²) in [6, 6.07) is 14.6. The maximum Gasteiger partial charge on any atom is 0.315 e.